The third kappa shape index (κ3) is 14.8. The lowest BCUT2D eigenvalue weighted by Gasteiger charge is -2.13. The summed E-state index contributed by atoms with van der Waals surface area (Å²) in [6, 6.07) is 0. The Morgan fingerprint density at radius 1 is 0.698 bits per heavy atom. The maximum absolute atomic E-state index is 12.1. The Morgan fingerprint density at radius 2 is 1.19 bits per heavy atom. The van der Waals surface area contributed by atoms with Gasteiger partial charge in [-0.05, 0) is 78.6 Å². The summed E-state index contributed by atoms with van der Waals surface area (Å²) < 4.78 is 156. The number of hydrogen-bond donors (Lipinski definition) is 4. The number of halogens is 1. The Labute approximate surface area is 361 Å². The van der Waals surface area contributed by atoms with Gasteiger partial charge >= 0.3 is 6.95 Å². The van der Waals surface area contributed by atoms with Crippen molar-refractivity contribution in [3.8, 4) is 0 Å². The van der Waals surface area contributed by atoms with Crippen molar-refractivity contribution < 1.29 is 55.4 Å². The fraction of sp³-hybridized carbons (Fsp3) is 0.743. The lowest BCUT2D eigenvalue weighted by atomic mass is 10.2. The molecule has 3 aromatic heterocycles. The molecule has 0 radical (unpaired) electrons. The molecule has 0 atom stereocenters. The van der Waals surface area contributed by atoms with Gasteiger partial charge in [-0.3, -0.25) is 14.2 Å². The summed E-state index contributed by atoms with van der Waals surface area (Å²) in [5.41, 5.74) is 7.61. The standard InChI is InChI=1S/2C10H18N3OP.C8H13N3.C2H6ClO3P.5CH4.11H2/c1-4-11-10-8-6-5-7-9(8)13(12-10)15(2,3)14;1-4-11-10-8-6-5-7-9(8)12-13(10)15(2,3)14;1-2-9-8-6-4-3-5-7(6)10-11-8;1-5-7(3,4)6-2;;;;;;;;;;;;;;;;/h4-7H2,1-3H3,(H,11,12);11H,4-7H2,1-3H3;2-5H2,1H3,(H2,9,10,11);1-2H3;5*1H4;11*1H/i;;;;;;;;;11*1+2T. The van der Waals surface area contributed by atoms with Gasteiger partial charge in [0.25, 0.3) is 0 Å². The summed E-state index contributed by atoms with van der Waals surface area (Å²) in [4.78, 5) is 0. The van der Waals surface area contributed by atoms with E-state index in [1.54, 1.807) is 35.6 Å². The summed E-state index contributed by atoms with van der Waals surface area (Å²) >= 11 is 5.02. The maximum atomic E-state index is 12.1. The highest BCUT2D eigenvalue weighted by atomic mass is 35.7. The van der Waals surface area contributed by atoms with E-state index in [-0.39, 0.29) is 37.1 Å². The van der Waals surface area contributed by atoms with Crippen LogP contribution in [0, 0.1) is 0 Å². The molecule has 18 heteroatoms. The molecule has 0 saturated heterocycles. The molecule has 3 aliphatic rings. The number of H-pyrrole nitrogens is 1. The average molecular weight is 897 g/mol. The fourth-order valence-corrected chi connectivity index (χ4v) is 8.16. The number of nitrogens with zero attached hydrogens (tertiary/aromatic N) is 5. The van der Waals surface area contributed by atoms with E-state index < -0.39 is 21.5 Å². The molecule has 0 spiro atoms. The number of aromatic nitrogens is 6. The second kappa shape index (κ2) is 24.4. The predicted octanol–water partition coefficient (Wildman–Crippen LogP) is 13.2. The quantitative estimate of drug-likeness (QED) is 0.143. The van der Waals surface area contributed by atoms with Crippen LogP contribution in [0.3, 0.4) is 0 Å². The third-order valence-electron chi connectivity index (χ3n) is 7.99. The molecular weight excluding hydrogens is 755 g/mol. The van der Waals surface area contributed by atoms with Crippen molar-refractivity contribution >= 4 is 50.2 Å². The van der Waals surface area contributed by atoms with Gasteiger partial charge in [-0.1, -0.05) is 37.1 Å². The first-order valence-electron chi connectivity index (χ1n) is 27.6. The van der Waals surface area contributed by atoms with Crippen molar-refractivity contribution in [1.29, 1.82) is 0 Å². The smallest absolute Gasteiger partial charge is 0.370 e. The van der Waals surface area contributed by atoms with Crippen LogP contribution in [-0.4, -0.2) is 89.8 Å². The Morgan fingerprint density at radius 3 is 1.70 bits per heavy atom. The molecule has 4 N–H and O–H groups in total. The van der Waals surface area contributed by atoms with Crippen molar-refractivity contribution in [1.82, 2.24) is 29.3 Å². The van der Waals surface area contributed by atoms with Gasteiger partial charge in [0.05, 0.1) is 11.4 Å². The predicted molar refractivity (Wildman–Crippen MR) is 256 cm³/mol. The molecule has 334 valence electrons. The van der Waals surface area contributed by atoms with Gasteiger partial charge in [-0.2, -0.15) is 14.6 Å². The lowest BCUT2D eigenvalue weighted by molar-refractivity contribution is 0.293. The zero-order valence-corrected chi connectivity index (χ0v) is 33.4. The van der Waals surface area contributed by atoms with E-state index in [1.165, 1.54) is 68.0 Å². The van der Waals surface area contributed by atoms with Crippen LogP contribution in [-0.2, 0) is 61.3 Å². The number of anilines is 3. The minimum Gasteiger partial charge on any atom is -0.370 e. The summed E-state index contributed by atoms with van der Waals surface area (Å²) in [5.74, 6) is 2.99. The molecule has 0 saturated carbocycles. The minimum atomic E-state index is -3.18. The Hall–Kier alpha value is -2.07. The van der Waals surface area contributed by atoms with Crippen LogP contribution in [0.15, 0.2) is 0 Å². The summed E-state index contributed by atoms with van der Waals surface area (Å²) in [7, 11) is -2.19. The third-order valence-corrected chi connectivity index (χ3v) is 12.1. The molecular formula is C35H97ClN9O5P3. The zero-order valence-electron chi connectivity index (χ0n) is 52.0. The number of aryl methyl sites for hydroxylation is 2. The van der Waals surface area contributed by atoms with Crippen molar-refractivity contribution in [3.05, 3.63) is 33.8 Å². The van der Waals surface area contributed by atoms with E-state index in [0.717, 1.165) is 74.9 Å². The van der Waals surface area contributed by atoms with Gasteiger partial charge in [-0.15, -0.1) is 5.10 Å². The molecule has 0 bridgehead atoms. The molecule has 3 heterocycles. The van der Waals surface area contributed by atoms with Crippen molar-refractivity contribution in [2.75, 3.05) is 76.5 Å². The van der Waals surface area contributed by atoms with Crippen LogP contribution in [0.5, 0.6) is 0 Å². The average Bonchev–Trinajstić information content (AvgIpc) is 4.29. The first kappa shape index (κ1) is 36.6. The van der Waals surface area contributed by atoms with Gasteiger partial charge in [-0.25, -0.2) is 9.02 Å². The minimum absolute atomic E-state index is 0. The second-order valence-electron chi connectivity index (χ2n) is 12.4. The SMILES string of the molecule is C.C.C.C.C.CCNc1c2c(nn1P(C)(C)=O)CCC2.CCNc1n[nH]c2c1CCC2.CCNc1nn(P(C)(C)=O)c2c1CCC2.COP(=O)(Cl)OC.[3H][3H].[3H][3H].[3H][3H].[3H][3H].[3H][3H].[3H][3H].[3H][3H].[3H][3H].[3H][3H].[3H][3H].[3H][3H]. The van der Waals surface area contributed by atoms with Crippen LogP contribution in [0.1, 0.15) is 144 Å². The molecule has 0 aliphatic heterocycles. The normalized spacial score (nSPS) is 15.1. The van der Waals surface area contributed by atoms with Crippen molar-refractivity contribution in [3.63, 3.8) is 0 Å². The molecule has 3 aliphatic carbocycles. The highest BCUT2D eigenvalue weighted by Crippen LogP contribution is 2.51. The van der Waals surface area contributed by atoms with Crippen molar-refractivity contribution in [2.45, 2.75) is 116 Å². The largest absolute Gasteiger partial charge is 0.423 e. The molecule has 3 aromatic rings. The van der Waals surface area contributed by atoms with E-state index >= 15 is 0 Å². The monoisotopic (exact) mass is 896 g/mol. The van der Waals surface area contributed by atoms with Gasteiger partial charge in [0, 0.05) is 127 Å². The van der Waals surface area contributed by atoms with E-state index in [2.05, 4.69) is 66.2 Å². The number of aromatic amines is 1. The summed E-state index contributed by atoms with van der Waals surface area (Å²) in [5, 5.41) is 25.9. The van der Waals surface area contributed by atoms with Crippen LogP contribution in [0.25, 0.3) is 0 Å². The van der Waals surface area contributed by atoms with E-state index in [0.29, 0.717) is 0 Å². The van der Waals surface area contributed by atoms with Gasteiger partial charge in [0.1, 0.15) is 5.82 Å². The highest BCUT2D eigenvalue weighted by molar-refractivity contribution is 7.81. The number of fused-ring (bicyclic) bond motifs is 3. The molecule has 53 heavy (non-hydrogen) atoms. The van der Waals surface area contributed by atoms with Crippen LogP contribution >= 0.6 is 32.8 Å². The highest BCUT2D eigenvalue weighted by Gasteiger charge is 2.28. The van der Waals surface area contributed by atoms with Crippen LogP contribution < -0.4 is 16.0 Å². The van der Waals surface area contributed by atoms with Crippen molar-refractivity contribution in [2.24, 2.45) is 0 Å². The van der Waals surface area contributed by atoms with E-state index in [4.69, 9.17) is 43.9 Å². The molecule has 0 aromatic carbocycles. The second-order valence-corrected chi connectivity index (χ2v) is 21.2. The van der Waals surface area contributed by atoms with Crippen LogP contribution in [0.4, 0.5) is 17.5 Å². The number of hydrogen-bond acceptors (Lipinski definition) is 11. The summed E-state index contributed by atoms with van der Waals surface area (Å²) in [6.45, 7) is 12.7. The lowest BCUT2D eigenvalue weighted by Crippen LogP contribution is -2.07. The fourth-order valence-electron chi connectivity index (χ4n) is 5.91. The molecule has 0 fully saturated rings. The maximum Gasteiger partial charge on any atom is 0.423 e. The Bertz CT molecular complexity index is 1700. The van der Waals surface area contributed by atoms with E-state index in [9.17, 15) is 13.7 Å². The Kier molecular flexibility index (Phi) is 16.9. The summed E-state index contributed by atoms with van der Waals surface area (Å²) in [6.07, 6.45) is 10.2. The molecule has 0 unspecified atom stereocenters. The molecule has 6 rings (SSSR count). The van der Waals surface area contributed by atoms with Gasteiger partial charge in [0.15, 0.2) is 26.2 Å². The zero-order chi connectivity index (χ0) is 57.7. The number of nitrogens with one attached hydrogen (secondary N) is 4. The topological polar surface area (TPSA) is 170 Å². The molecule has 14 nitrogen and oxygen atoms in total. The van der Waals surface area contributed by atoms with E-state index in [1.807, 2.05) is 0 Å². The van der Waals surface area contributed by atoms with Gasteiger partial charge < -0.3 is 25.0 Å². The number of rotatable bonds is 10. The Balaban J connectivity index is -0.0000000488. The molecule has 0 amide bonds. The first-order valence-corrected chi connectivity index (χ1v) is 24.2. The first-order chi connectivity index (χ1) is 33.6. The van der Waals surface area contributed by atoms with Gasteiger partial charge in [0.2, 0.25) is 0 Å². The van der Waals surface area contributed by atoms with Crippen LogP contribution in [0.2, 0.25) is 0 Å².